The Morgan fingerprint density at radius 1 is 1.00 bits per heavy atom. The van der Waals surface area contributed by atoms with Crippen molar-refractivity contribution >= 4 is 11.8 Å². The van der Waals surface area contributed by atoms with E-state index in [9.17, 15) is 14.0 Å². The van der Waals surface area contributed by atoms with Gasteiger partial charge in [0.05, 0.1) is 12.1 Å². The smallest absolute Gasteiger partial charge is 0.312 e. The molecule has 26 heavy (non-hydrogen) atoms. The molecule has 2 aromatic rings. The molecule has 0 saturated carbocycles. The molecule has 4 nitrogen and oxygen atoms in total. The van der Waals surface area contributed by atoms with Crippen molar-refractivity contribution < 1.29 is 14.0 Å². The average molecular weight is 356 g/mol. The number of likely N-dealkylation sites (N-methyl/N-ethyl adjacent to an activating group) is 1. The lowest BCUT2D eigenvalue weighted by molar-refractivity contribution is -0.147. The number of halogens is 1. The van der Waals surface area contributed by atoms with Crippen LogP contribution in [0.5, 0.6) is 0 Å². The van der Waals surface area contributed by atoms with Gasteiger partial charge >= 0.3 is 11.8 Å². The molecule has 2 rings (SSSR count). The van der Waals surface area contributed by atoms with Gasteiger partial charge in [-0.2, -0.15) is 0 Å². The van der Waals surface area contributed by atoms with Gasteiger partial charge in [-0.1, -0.05) is 49.4 Å². The van der Waals surface area contributed by atoms with Gasteiger partial charge in [0, 0.05) is 6.54 Å². The first-order valence-electron chi connectivity index (χ1n) is 8.89. The summed E-state index contributed by atoms with van der Waals surface area (Å²) in [6.07, 6.45) is 0.683. The van der Waals surface area contributed by atoms with Gasteiger partial charge in [-0.05, 0) is 43.5 Å². The Hall–Kier alpha value is -2.69. The minimum absolute atomic E-state index is 0.215. The molecule has 0 aliphatic heterocycles. The summed E-state index contributed by atoms with van der Waals surface area (Å²) in [5, 5.41) is 2.82. The van der Waals surface area contributed by atoms with E-state index in [-0.39, 0.29) is 17.9 Å². The highest BCUT2D eigenvalue weighted by atomic mass is 19.1. The zero-order valence-corrected chi connectivity index (χ0v) is 15.4. The highest BCUT2D eigenvalue weighted by Gasteiger charge is 2.27. The Labute approximate surface area is 154 Å². The van der Waals surface area contributed by atoms with Crippen LogP contribution in [0.2, 0.25) is 0 Å². The summed E-state index contributed by atoms with van der Waals surface area (Å²) < 4.78 is 13.1. The summed E-state index contributed by atoms with van der Waals surface area (Å²) in [5.74, 6) is -1.54. The van der Waals surface area contributed by atoms with Gasteiger partial charge in [-0.3, -0.25) is 9.59 Å². The number of carbonyl (C=O) groups excluding carboxylic acids is 2. The summed E-state index contributed by atoms with van der Waals surface area (Å²) in [5.41, 5.74) is 1.75. The van der Waals surface area contributed by atoms with Crippen LogP contribution in [0, 0.1) is 5.82 Å². The maximum atomic E-state index is 13.1. The normalized spacial score (nSPS) is 12.9. The van der Waals surface area contributed by atoms with Gasteiger partial charge in [-0.25, -0.2) is 4.39 Å². The van der Waals surface area contributed by atoms with Crippen LogP contribution >= 0.6 is 0 Å². The molecule has 0 spiro atoms. The lowest BCUT2D eigenvalue weighted by Gasteiger charge is -2.28. The van der Waals surface area contributed by atoms with Crippen molar-refractivity contribution in [1.29, 1.82) is 0 Å². The minimum Gasteiger partial charge on any atom is -0.341 e. The van der Waals surface area contributed by atoms with Crippen LogP contribution < -0.4 is 5.32 Å². The monoisotopic (exact) mass is 356 g/mol. The first-order chi connectivity index (χ1) is 12.5. The standard InChI is InChI=1S/C21H25FN2O2/c1-4-19(17-9-7-6-8-10-17)23-20(25)21(26)24(5-2)15(3)16-11-13-18(22)14-12-16/h6-15,19H,4-5H2,1-3H3,(H,23,25)/t15-,19+/m0/s1. The Bertz CT molecular complexity index is 731. The second-order valence-electron chi connectivity index (χ2n) is 6.16. The van der Waals surface area contributed by atoms with Crippen molar-refractivity contribution in [2.45, 2.75) is 39.3 Å². The van der Waals surface area contributed by atoms with Crippen molar-refractivity contribution in [3.05, 3.63) is 71.5 Å². The van der Waals surface area contributed by atoms with Crippen LogP contribution in [-0.4, -0.2) is 23.3 Å². The maximum absolute atomic E-state index is 13.1. The molecular formula is C21H25FN2O2. The molecule has 0 unspecified atom stereocenters. The van der Waals surface area contributed by atoms with E-state index >= 15 is 0 Å². The van der Waals surface area contributed by atoms with E-state index in [4.69, 9.17) is 0 Å². The molecule has 2 atom stereocenters. The topological polar surface area (TPSA) is 49.4 Å². The lowest BCUT2D eigenvalue weighted by atomic mass is 10.0. The molecule has 138 valence electrons. The van der Waals surface area contributed by atoms with E-state index in [0.29, 0.717) is 13.0 Å². The number of hydrogen-bond acceptors (Lipinski definition) is 2. The zero-order valence-electron chi connectivity index (χ0n) is 15.4. The van der Waals surface area contributed by atoms with E-state index in [1.807, 2.05) is 51.1 Å². The van der Waals surface area contributed by atoms with Crippen molar-refractivity contribution in [3.63, 3.8) is 0 Å². The summed E-state index contributed by atoms with van der Waals surface area (Å²) in [6, 6.07) is 15.0. The number of amides is 2. The number of carbonyl (C=O) groups is 2. The Kier molecular flexibility index (Phi) is 6.89. The molecule has 0 fully saturated rings. The molecule has 0 aliphatic rings. The first kappa shape index (κ1) is 19.6. The van der Waals surface area contributed by atoms with Crippen LogP contribution in [-0.2, 0) is 9.59 Å². The fourth-order valence-corrected chi connectivity index (χ4v) is 2.97. The van der Waals surface area contributed by atoms with Crippen molar-refractivity contribution in [2.75, 3.05) is 6.54 Å². The Morgan fingerprint density at radius 3 is 2.15 bits per heavy atom. The molecule has 0 radical (unpaired) electrons. The predicted molar refractivity (Wildman–Crippen MR) is 99.8 cm³/mol. The number of nitrogens with zero attached hydrogens (tertiary/aromatic N) is 1. The largest absolute Gasteiger partial charge is 0.341 e. The third-order valence-electron chi connectivity index (χ3n) is 4.53. The van der Waals surface area contributed by atoms with Gasteiger partial charge in [0.15, 0.2) is 0 Å². The van der Waals surface area contributed by atoms with E-state index in [1.165, 1.54) is 17.0 Å². The van der Waals surface area contributed by atoms with Crippen LogP contribution in [0.1, 0.15) is 50.4 Å². The predicted octanol–water partition coefficient (Wildman–Crippen LogP) is 4.00. The zero-order chi connectivity index (χ0) is 19.1. The van der Waals surface area contributed by atoms with E-state index in [1.54, 1.807) is 12.1 Å². The third kappa shape index (κ3) is 4.69. The van der Waals surface area contributed by atoms with Gasteiger partial charge in [-0.15, -0.1) is 0 Å². The van der Waals surface area contributed by atoms with Crippen LogP contribution in [0.15, 0.2) is 54.6 Å². The summed E-state index contributed by atoms with van der Waals surface area (Å²) >= 11 is 0. The molecule has 1 N–H and O–H groups in total. The molecule has 0 aromatic heterocycles. The molecule has 0 bridgehead atoms. The molecule has 0 saturated heterocycles. The van der Waals surface area contributed by atoms with Crippen LogP contribution in [0.3, 0.4) is 0 Å². The quantitative estimate of drug-likeness (QED) is 0.795. The lowest BCUT2D eigenvalue weighted by Crippen LogP contribution is -2.45. The molecular weight excluding hydrogens is 331 g/mol. The second-order valence-corrected chi connectivity index (χ2v) is 6.16. The highest BCUT2D eigenvalue weighted by Crippen LogP contribution is 2.21. The molecule has 5 heteroatoms. The van der Waals surface area contributed by atoms with Gasteiger partial charge in [0.1, 0.15) is 5.82 Å². The second kappa shape index (κ2) is 9.13. The van der Waals surface area contributed by atoms with E-state index in [0.717, 1.165) is 11.1 Å². The van der Waals surface area contributed by atoms with Crippen molar-refractivity contribution in [3.8, 4) is 0 Å². The SMILES string of the molecule is CC[C@@H](NC(=O)C(=O)N(CC)[C@@H](C)c1ccc(F)cc1)c1ccccc1. The summed E-state index contributed by atoms with van der Waals surface area (Å²) in [6.45, 7) is 5.99. The molecule has 2 amide bonds. The number of hydrogen-bond donors (Lipinski definition) is 1. The first-order valence-corrected chi connectivity index (χ1v) is 8.89. The Balaban J connectivity index is 2.11. The van der Waals surface area contributed by atoms with E-state index < -0.39 is 11.8 Å². The fraction of sp³-hybridized carbons (Fsp3) is 0.333. The maximum Gasteiger partial charge on any atom is 0.312 e. The Morgan fingerprint density at radius 2 is 1.62 bits per heavy atom. The number of benzene rings is 2. The molecule has 0 aliphatic carbocycles. The van der Waals surface area contributed by atoms with Crippen molar-refractivity contribution in [2.24, 2.45) is 0 Å². The van der Waals surface area contributed by atoms with Crippen LogP contribution in [0.4, 0.5) is 4.39 Å². The number of rotatable bonds is 6. The van der Waals surface area contributed by atoms with Gasteiger partial charge in [0.25, 0.3) is 0 Å². The summed E-state index contributed by atoms with van der Waals surface area (Å²) in [7, 11) is 0. The molecule has 0 heterocycles. The molecule has 2 aromatic carbocycles. The van der Waals surface area contributed by atoms with Crippen molar-refractivity contribution in [1.82, 2.24) is 10.2 Å². The summed E-state index contributed by atoms with van der Waals surface area (Å²) in [4.78, 5) is 26.7. The fourth-order valence-electron chi connectivity index (χ4n) is 2.97. The average Bonchev–Trinajstić information content (AvgIpc) is 2.67. The number of nitrogens with one attached hydrogen (secondary N) is 1. The minimum atomic E-state index is -0.628. The highest BCUT2D eigenvalue weighted by molar-refractivity contribution is 6.35. The van der Waals surface area contributed by atoms with E-state index in [2.05, 4.69) is 5.32 Å². The van der Waals surface area contributed by atoms with Gasteiger partial charge in [0.2, 0.25) is 0 Å². The van der Waals surface area contributed by atoms with Crippen LogP contribution in [0.25, 0.3) is 0 Å². The van der Waals surface area contributed by atoms with Gasteiger partial charge < -0.3 is 10.2 Å². The third-order valence-corrected chi connectivity index (χ3v) is 4.53.